The summed E-state index contributed by atoms with van der Waals surface area (Å²) in [5.74, 6) is -0.911. The molecule has 0 aliphatic rings. The van der Waals surface area contributed by atoms with Gasteiger partial charge in [-0.3, -0.25) is 4.72 Å². The lowest BCUT2D eigenvalue weighted by Crippen LogP contribution is -2.15. The summed E-state index contributed by atoms with van der Waals surface area (Å²) in [6.45, 7) is 1.73. The Hall–Kier alpha value is -1.50. The molecule has 0 atom stereocenters. The van der Waals surface area contributed by atoms with Gasteiger partial charge >= 0.3 is 0 Å². The third-order valence-corrected chi connectivity index (χ3v) is 4.84. The fourth-order valence-electron chi connectivity index (χ4n) is 1.65. The molecule has 112 valence electrons. The van der Waals surface area contributed by atoms with Crippen molar-refractivity contribution in [1.29, 1.82) is 0 Å². The Kier molecular flexibility index (Phi) is 4.32. The van der Waals surface area contributed by atoms with Crippen LogP contribution >= 0.6 is 23.2 Å². The molecule has 0 aromatic heterocycles. The molecule has 0 heterocycles. The van der Waals surface area contributed by atoms with Crippen molar-refractivity contribution < 1.29 is 12.8 Å². The smallest absolute Gasteiger partial charge is 0.264 e. The van der Waals surface area contributed by atoms with Gasteiger partial charge in [0.05, 0.1) is 10.7 Å². The third kappa shape index (κ3) is 3.40. The lowest BCUT2D eigenvalue weighted by atomic mass is 10.2. The molecule has 0 radical (unpaired) electrons. The maximum atomic E-state index is 13.7. The minimum Gasteiger partial charge on any atom is -0.399 e. The number of halogens is 3. The number of rotatable bonds is 3. The molecule has 4 nitrogen and oxygen atoms in total. The molecule has 2 aromatic carbocycles. The minimum atomic E-state index is -4.17. The van der Waals surface area contributed by atoms with E-state index in [2.05, 4.69) is 4.72 Å². The molecule has 21 heavy (non-hydrogen) atoms. The number of nitrogens with one attached hydrogen (secondary N) is 1. The zero-order chi connectivity index (χ0) is 15.8. The van der Waals surface area contributed by atoms with E-state index in [1.807, 2.05) is 0 Å². The summed E-state index contributed by atoms with van der Waals surface area (Å²) in [4.78, 5) is -0.560. The van der Waals surface area contributed by atoms with Crippen LogP contribution in [0, 0.1) is 12.7 Å². The summed E-state index contributed by atoms with van der Waals surface area (Å²) in [6, 6.07) is 6.15. The van der Waals surface area contributed by atoms with Gasteiger partial charge in [-0.05, 0) is 42.8 Å². The second-order valence-electron chi connectivity index (χ2n) is 4.38. The summed E-state index contributed by atoms with van der Waals surface area (Å²) in [6.07, 6.45) is 0. The number of hydrogen-bond acceptors (Lipinski definition) is 3. The summed E-state index contributed by atoms with van der Waals surface area (Å²) in [5.41, 5.74) is 6.37. The maximum absolute atomic E-state index is 13.7. The van der Waals surface area contributed by atoms with Crippen LogP contribution in [0.5, 0.6) is 0 Å². The average Bonchev–Trinajstić information content (AvgIpc) is 2.38. The van der Waals surface area contributed by atoms with Crippen molar-refractivity contribution in [3.63, 3.8) is 0 Å². The van der Waals surface area contributed by atoms with Crippen LogP contribution < -0.4 is 10.5 Å². The molecular weight excluding hydrogens is 338 g/mol. The van der Waals surface area contributed by atoms with Gasteiger partial charge in [0.25, 0.3) is 10.0 Å². The van der Waals surface area contributed by atoms with Crippen LogP contribution in [-0.4, -0.2) is 8.42 Å². The van der Waals surface area contributed by atoms with Crippen molar-refractivity contribution in [2.45, 2.75) is 11.8 Å². The molecule has 2 rings (SSSR count). The van der Waals surface area contributed by atoms with E-state index in [9.17, 15) is 12.8 Å². The second kappa shape index (κ2) is 5.71. The fraction of sp³-hybridized carbons (Fsp3) is 0.0769. The molecule has 0 fully saturated rings. The van der Waals surface area contributed by atoms with Crippen LogP contribution in [0.1, 0.15) is 5.56 Å². The Balaban J connectivity index is 2.47. The van der Waals surface area contributed by atoms with Crippen molar-refractivity contribution in [1.82, 2.24) is 0 Å². The van der Waals surface area contributed by atoms with Crippen LogP contribution in [0.2, 0.25) is 10.0 Å². The van der Waals surface area contributed by atoms with Gasteiger partial charge < -0.3 is 5.73 Å². The highest BCUT2D eigenvalue weighted by Gasteiger charge is 2.21. The Morgan fingerprint density at radius 3 is 2.48 bits per heavy atom. The van der Waals surface area contributed by atoms with Gasteiger partial charge in [-0.2, -0.15) is 0 Å². The van der Waals surface area contributed by atoms with Gasteiger partial charge in [0, 0.05) is 10.7 Å². The van der Waals surface area contributed by atoms with Crippen molar-refractivity contribution in [2.75, 3.05) is 10.5 Å². The lowest BCUT2D eigenvalue weighted by molar-refractivity contribution is 0.570. The standard InChI is InChI=1S/C13H11Cl2FN2O2S/c1-7-4-10(15)12(6-9(7)14)18-21(19,20)13-5-8(17)2-3-11(13)16/h2-6,18H,17H2,1H3. The summed E-state index contributed by atoms with van der Waals surface area (Å²) in [5, 5.41) is 0.495. The summed E-state index contributed by atoms with van der Waals surface area (Å²) >= 11 is 11.9. The van der Waals surface area contributed by atoms with E-state index >= 15 is 0 Å². The fourth-order valence-corrected chi connectivity index (χ4v) is 3.32. The molecule has 0 unspecified atom stereocenters. The lowest BCUT2D eigenvalue weighted by Gasteiger charge is -2.12. The van der Waals surface area contributed by atoms with Gasteiger partial charge in [-0.15, -0.1) is 0 Å². The van der Waals surface area contributed by atoms with Crippen LogP contribution in [0.15, 0.2) is 35.2 Å². The van der Waals surface area contributed by atoms with Crippen molar-refractivity contribution in [3.05, 3.63) is 51.8 Å². The molecule has 0 saturated heterocycles. The second-order valence-corrected chi connectivity index (χ2v) is 6.84. The summed E-state index contributed by atoms with van der Waals surface area (Å²) in [7, 11) is -4.17. The largest absolute Gasteiger partial charge is 0.399 e. The van der Waals surface area contributed by atoms with E-state index in [0.717, 1.165) is 12.1 Å². The molecular formula is C13H11Cl2FN2O2S. The van der Waals surface area contributed by atoms with Crippen LogP contribution in [-0.2, 0) is 10.0 Å². The highest BCUT2D eigenvalue weighted by Crippen LogP contribution is 2.31. The molecule has 0 saturated carbocycles. The first-order valence-corrected chi connectivity index (χ1v) is 7.98. The van der Waals surface area contributed by atoms with E-state index in [1.54, 1.807) is 6.92 Å². The molecule has 2 aromatic rings. The molecule has 3 N–H and O–H groups in total. The number of hydrogen-bond donors (Lipinski definition) is 2. The molecule has 0 bridgehead atoms. The Bertz CT molecular complexity index is 810. The van der Waals surface area contributed by atoms with Gasteiger partial charge in [0.15, 0.2) is 0 Å². The van der Waals surface area contributed by atoms with Crippen LogP contribution in [0.25, 0.3) is 0 Å². The first-order valence-electron chi connectivity index (χ1n) is 5.74. The van der Waals surface area contributed by atoms with Gasteiger partial charge in [0.1, 0.15) is 10.7 Å². The molecule has 0 aliphatic carbocycles. The average molecular weight is 349 g/mol. The van der Waals surface area contributed by atoms with E-state index in [4.69, 9.17) is 28.9 Å². The quantitative estimate of drug-likeness (QED) is 0.828. The predicted molar refractivity (Wildman–Crippen MR) is 82.8 cm³/mol. The monoisotopic (exact) mass is 348 g/mol. The minimum absolute atomic E-state index is 0.0640. The van der Waals surface area contributed by atoms with Gasteiger partial charge in [0.2, 0.25) is 0 Å². The van der Waals surface area contributed by atoms with Crippen LogP contribution in [0.4, 0.5) is 15.8 Å². The number of nitrogens with two attached hydrogens (primary N) is 1. The molecule has 8 heteroatoms. The number of sulfonamides is 1. The molecule has 0 aliphatic heterocycles. The van der Waals surface area contributed by atoms with E-state index in [1.165, 1.54) is 18.2 Å². The van der Waals surface area contributed by atoms with E-state index in [-0.39, 0.29) is 16.4 Å². The first-order chi connectivity index (χ1) is 9.70. The zero-order valence-corrected chi connectivity index (χ0v) is 13.2. The number of anilines is 2. The zero-order valence-electron chi connectivity index (χ0n) is 10.8. The third-order valence-electron chi connectivity index (χ3n) is 2.74. The van der Waals surface area contributed by atoms with Crippen LogP contribution in [0.3, 0.4) is 0 Å². The van der Waals surface area contributed by atoms with E-state index in [0.29, 0.717) is 10.6 Å². The SMILES string of the molecule is Cc1cc(Cl)c(NS(=O)(=O)c2cc(N)ccc2F)cc1Cl. The Morgan fingerprint density at radius 2 is 1.81 bits per heavy atom. The van der Waals surface area contributed by atoms with E-state index < -0.39 is 20.7 Å². The highest BCUT2D eigenvalue weighted by atomic mass is 35.5. The normalized spacial score (nSPS) is 11.4. The Labute approximate surface area is 131 Å². The topological polar surface area (TPSA) is 72.2 Å². The van der Waals surface area contributed by atoms with Crippen molar-refractivity contribution in [3.8, 4) is 0 Å². The van der Waals surface area contributed by atoms with Gasteiger partial charge in [-0.1, -0.05) is 23.2 Å². The predicted octanol–water partition coefficient (Wildman–Crippen LogP) is 3.82. The Morgan fingerprint density at radius 1 is 1.14 bits per heavy atom. The maximum Gasteiger partial charge on any atom is 0.264 e. The molecule has 0 spiro atoms. The first kappa shape index (κ1) is 15.9. The summed E-state index contributed by atoms with van der Waals surface area (Å²) < 4.78 is 40.3. The number of benzene rings is 2. The highest BCUT2D eigenvalue weighted by molar-refractivity contribution is 7.92. The van der Waals surface area contributed by atoms with Crippen molar-refractivity contribution >= 4 is 44.6 Å². The molecule has 0 amide bonds. The number of aryl methyl sites for hydroxylation is 1. The number of nitrogen functional groups attached to an aromatic ring is 1. The van der Waals surface area contributed by atoms with Crippen molar-refractivity contribution in [2.24, 2.45) is 0 Å². The van der Waals surface area contributed by atoms with Gasteiger partial charge in [-0.25, -0.2) is 12.8 Å².